The van der Waals surface area contributed by atoms with Gasteiger partial charge in [0.15, 0.2) is 0 Å². The third-order valence-electron chi connectivity index (χ3n) is 3.31. The zero-order valence-electron chi connectivity index (χ0n) is 11.3. The Morgan fingerprint density at radius 3 is 2.60 bits per heavy atom. The van der Waals surface area contributed by atoms with E-state index in [0.29, 0.717) is 17.5 Å². The lowest BCUT2D eigenvalue weighted by Gasteiger charge is -2.14. The molecule has 3 rings (SSSR count). The van der Waals surface area contributed by atoms with Gasteiger partial charge < -0.3 is 14.6 Å². The van der Waals surface area contributed by atoms with Gasteiger partial charge in [-0.05, 0) is 42.7 Å². The first kappa shape index (κ1) is 12.9. The van der Waals surface area contributed by atoms with Gasteiger partial charge in [0, 0.05) is 11.8 Å². The van der Waals surface area contributed by atoms with Crippen molar-refractivity contribution in [2.45, 2.75) is 25.0 Å². The van der Waals surface area contributed by atoms with Crippen molar-refractivity contribution < 1.29 is 14.6 Å². The first-order valence-electron chi connectivity index (χ1n) is 6.71. The molecule has 1 aliphatic carbocycles. The summed E-state index contributed by atoms with van der Waals surface area (Å²) in [6, 6.07) is 11.1. The minimum atomic E-state index is -0.756. The quantitative estimate of drug-likeness (QED) is 0.908. The fourth-order valence-corrected chi connectivity index (χ4v) is 2.07. The van der Waals surface area contributed by atoms with E-state index >= 15 is 0 Å². The molecule has 1 aromatic carbocycles. The maximum absolute atomic E-state index is 10.4. The monoisotopic (exact) mass is 271 g/mol. The minimum Gasteiger partial charge on any atom is -0.490 e. The van der Waals surface area contributed by atoms with Crippen molar-refractivity contribution in [3.8, 4) is 11.6 Å². The molecule has 4 heteroatoms. The van der Waals surface area contributed by atoms with Crippen LogP contribution in [0.1, 0.15) is 30.1 Å². The van der Waals surface area contributed by atoms with Gasteiger partial charge in [-0.1, -0.05) is 12.1 Å². The van der Waals surface area contributed by atoms with Crippen molar-refractivity contribution >= 4 is 0 Å². The molecule has 4 nitrogen and oxygen atoms in total. The number of aliphatic hydroxyl groups is 1. The van der Waals surface area contributed by atoms with Gasteiger partial charge in [0.1, 0.15) is 11.9 Å². The molecule has 0 radical (unpaired) electrons. The van der Waals surface area contributed by atoms with Crippen molar-refractivity contribution in [3.63, 3.8) is 0 Å². The largest absolute Gasteiger partial charge is 0.490 e. The van der Waals surface area contributed by atoms with E-state index in [0.717, 1.165) is 24.2 Å². The second-order valence-corrected chi connectivity index (χ2v) is 4.89. The van der Waals surface area contributed by atoms with Crippen LogP contribution in [0.3, 0.4) is 0 Å². The predicted octanol–water partition coefficient (Wildman–Crippen LogP) is 2.71. The summed E-state index contributed by atoms with van der Waals surface area (Å²) in [5.41, 5.74) is 1.45. The zero-order valence-corrected chi connectivity index (χ0v) is 11.3. The lowest BCUT2D eigenvalue weighted by molar-refractivity contribution is 0.213. The van der Waals surface area contributed by atoms with Gasteiger partial charge in [-0.25, -0.2) is 4.98 Å². The molecule has 1 N–H and O–H groups in total. The molecule has 0 bridgehead atoms. The SMILES string of the molecule is COc1ncccc1C(O)c1ccc(OC2CC2)cc1. The lowest BCUT2D eigenvalue weighted by Crippen LogP contribution is -2.04. The fraction of sp³-hybridized carbons (Fsp3) is 0.312. The molecule has 0 spiro atoms. The van der Waals surface area contributed by atoms with Crippen LogP contribution in [0.2, 0.25) is 0 Å². The predicted molar refractivity (Wildman–Crippen MR) is 74.9 cm³/mol. The van der Waals surface area contributed by atoms with Crippen LogP contribution in [0.15, 0.2) is 42.6 Å². The van der Waals surface area contributed by atoms with Crippen molar-refractivity contribution in [1.82, 2.24) is 4.98 Å². The van der Waals surface area contributed by atoms with Crippen molar-refractivity contribution in [3.05, 3.63) is 53.7 Å². The van der Waals surface area contributed by atoms with Crippen molar-refractivity contribution in [2.75, 3.05) is 7.11 Å². The number of rotatable bonds is 5. The van der Waals surface area contributed by atoms with Gasteiger partial charge in [-0.15, -0.1) is 0 Å². The van der Waals surface area contributed by atoms with Crippen LogP contribution in [-0.2, 0) is 0 Å². The Labute approximate surface area is 118 Å². The Bertz CT molecular complexity index is 579. The molecule has 104 valence electrons. The summed E-state index contributed by atoms with van der Waals surface area (Å²) >= 11 is 0. The second-order valence-electron chi connectivity index (χ2n) is 4.89. The standard InChI is InChI=1S/C16H17NO3/c1-19-16-14(3-2-10-17-16)15(18)11-4-6-12(7-5-11)20-13-8-9-13/h2-7,10,13,15,18H,8-9H2,1H3. The number of benzene rings is 1. The summed E-state index contributed by atoms with van der Waals surface area (Å²) in [5.74, 6) is 1.29. The van der Waals surface area contributed by atoms with Crippen LogP contribution >= 0.6 is 0 Å². The third kappa shape index (κ3) is 2.75. The third-order valence-corrected chi connectivity index (χ3v) is 3.31. The number of aliphatic hydroxyl groups excluding tert-OH is 1. The highest BCUT2D eigenvalue weighted by Crippen LogP contribution is 2.31. The molecule has 1 aliphatic rings. The Morgan fingerprint density at radius 2 is 1.95 bits per heavy atom. The maximum Gasteiger partial charge on any atom is 0.219 e. The number of methoxy groups -OCH3 is 1. The van der Waals surface area contributed by atoms with Gasteiger partial charge in [-0.2, -0.15) is 0 Å². The number of hydrogen-bond acceptors (Lipinski definition) is 4. The van der Waals surface area contributed by atoms with Crippen LogP contribution in [0.25, 0.3) is 0 Å². The number of pyridine rings is 1. The lowest BCUT2D eigenvalue weighted by atomic mass is 10.0. The molecule has 1 unspecified atom stereocenters. The molecule has 0 amide bonds. The Hall–Kier alpha value is -2.07. The smallest absolute Gasteiger partial charge is 0.219 e. The number of ether oxygens (including phenoxy) is 2. The molecule has 1 saturated carbocycles. The van der Waals surface area contributed by atoms with Crippen LogP contribution in [0, 0.1) is 0 Å². The van der Waals surface area contributed by atoms with E-state index in [1.807, 2.05) is 30.3 Å². The molecule has 1 fully saturated rings. The Morgan fingerprint density at radius 1 is 1.20 bits per heavy atom. The highest BCUT2D eigenvalue weighted by Gasteiger charge is 2.23. The van der Waals surface area contributed by atoms with Gasteiger partial charge in [-0.3, -0.25) is 0 Å². The van der Waals surface area contributed by atoms with Crippen LogP contribution in [-0.4, -0.2) is 23.3 Å². The summed E-state index contributed by atoms with van der Waals surface area (Å²) in [4.78, 5) is 4.10. The fourth-order valence-electron chi connectivity index (χ4n) is 2.07. The van der Waals surface area contributed by atoms with Crippen LogP contribution in [0.4, 0.5) is 0 Å². The van der Waals surface area contributed by atoms with E-state index in [2.05, 4.69) is 4.98 Å². The van der Waals surface area contributed by atoms with Gasteiger partial charge >= 0.3 is 0 Å². The molecular weight excluding hydrogens is 254 g/mol. The van der Waals surface area contributed by atoms with E-state index in [1.165, 1.54) is 0 Å². The molecule has 1 atom stereocenters. The minimum absolute atomic E-state index is 0.379. The van der Waals surface area contributed by atoms with E-state index in [4.69, 9.17) is 9.47 Å². The molecule has 0 aliphatic heterocycles. The molecule has 2 aromatic rings. The zero-order chi connectivity index (χ0) is 13.9. The van der Waals surface area contributed by atoms with E-state index in [-0.39, 0.29) is 0 Å². The van der Waals surface area contributed by atoms with Crippen molar-refractivity contribution in [1.29, 1.82) is 0 Å². The highest BCUT2D eigenvalue weighted by atomic mass is 16.5. The van der Waals surface area contributed by atoms with E-state index in [1.54, 1.807) is 19.4 Å². The van der Waals surface area contributed by atoms with E-state index < -0.39 is 6.10 Å². The number of hydrogen-bond donors (Lipinski definition) is 1. The van der Waals surface area contributed by atoms with Crippen LogP contribution < -0.4 is 9.47 Å². The number of aromatic nitrogens is 1. The molecule has 0 saturated heterocycles. The Balaban J connectivity index is 1.80. The summed E-state index contributed by atoms with van der Waals surface area (Å²) in [6.45, 7) is 0. The summed E-state index contributed by atoms with van der Waals surface area (Å²) in [5, 5.41) is 10.4. The van der Waals surface area contributed by atoms with Gasteiger partial charge in [0.05, 0.1) is 13.2 Å². The average molecular weight is 271 g/mol. The molecular formula is C16H17NO3. The first-order chi connectivity index (χ1) is 9.78. The normalized spacial score (nSPS) is 15.7. The Kier molecular flexibility index (Phi) is 3.56. The highest BCUT2D eigenvalue weighted by molar-refractivity contribution is 5.37. The summed E-state index contributed by atoms with van der Waals surface area (Å²) < 4.78 is 10.9. The summed E-state index contributed by atoms with van der Waals surface area (Å²) in [7, 11) is 1.55. The van der Waals surface area contributed by atoms with E-state index in [9.17, 15) is 5.11 Å². The van der Waals surface area contributed by atoms with Crippen LogP contribution in [0.5, 0.6) is 11.6 Å². The van der Waals surface area contributed by atoms with Gasteiger partial charge in [0.25, 0.3) is 0 Å². The molecule has 1 heterocycles. The molecule has 20 heavy (non-hydrogen) atoms. The molecule has 1 aromatic heterocycles. The number of nitrogens with zero attached hydrogens (tertiary/aromatic N) is 1. The maximum atomic E-state index is 10.4. The van der Waals surface area contributed by atoms with Gasteiger partial charge in [0.2, 0.25) is 5.88 Å². The first-order valence-corrected chi connectivity index (χ1v) is 6.71. The average Bonchev–Trinajstić information content (AvgIpc) is 3.31. The van der Waals surface area contributed by atoms with Crippen molar-refractivity contribution in [2.24, 2.45) is 0 Å². The second kappa shape index (κ2) is 5.51. The summed E-state index contributed by atoms with van der Waals surface area (Å²) in [6.07, 6.45) is 3.54. The topological polar surface area (TPSA) is 51.6 Å².